The van der Waals surface area contributed by atoms with Crippen molar-refractivity contribution in [1.29, 1.82) is 0 Å². The number of nitrogens with one attached hydrogen (secondary N) is 2. The number of imidazole rings is 2. The molecule has 0 spiro atoms. The first-order chi connectivity index (χ1) is 12.9. The number of aromatic amines is 1. The molecular formula is C18H18N6O3. The van der Waals surface area contributed by atoms with E-state index in [1.807, 2.05) is 19.9 Å². The maximum Gasteiger partial charge on any atom is 0.294 e. The fourth-order valence-electron chi connectivity index (χ4n) is 3.02. The van der Waals surface area contributed by atoms with Crippen LogP contribution in [0.3, 0.4) is 0 Å². The number of rotatable bonds is 4. The molecular weight excluding hydrogens is 348 g/mol. The number of aromatic nitrogens is 5. The monoisotopic (exact) mass is 366 g/mol. The quantitative estimate of drug-likeness (QED) is 0.569. The maximum absolute atomic E-state index is 12.7. The Morgan fingerprint density at radius 3 is 2.81 bits per heavy atom. The van der Waals surface area contributed by atoms with Crippen molar-refractivity contribution >= 4 is 11.6 Å². The van der Waals surface area contributed by atoms with Gasteiger partial charge >= 0.3 is 0 Å². The van der Waals surface area contributed by atoms with Gasteiger partial charge in [0.25, 0.3) is 11.5 Å². The Morgan fingerprint density at radius 1 is 1.33 bits per heavy atom. The molecule has 4 heterocycles. The minimum Gasteiger partial charge on any atom is -0.466 e. The standard InChI is InChI=1S/C18H18N6O3/c1-10-6-12(11(2)27-10)14-9-24-8-13(22-16(24)18(26)23(14)3)17(25)21-7-15-19-4-5-20-15/h4-6,8-9H,7H2,1-3H3,(H,19,20)(H,21,25). The molecule has 1 amide bonds. The van der Waals surface area contributed by atoms with Crippen molar-refractivity contribution in [3.8, 4) is 11.3 Å². The van der Waals surface area contributed by atoms with Crippen LogP contribution in [0, 0.1) is 13.8 Å². The number of H-pyrrole nitrogens is 1. The van der Waals surface area contributed by atoms with Crippen LogP contribution in [0.15, 0.2) is 40.1 Å². The molecule has 27 heavy (non-hydrogen) atoms. The summed E-state index contributed by atoms with van der Waals surface area (Å²) in [6.07, 6.45) is 6.60. The molecule has 0 saturated carbocycles. The molecule has 0 aliphatic heterocycles. The molecule has 0 unspecified atom stereocenters. The summed E-state index contributed by atoms with van der Waals surface area (Å²) in [6.45, 7) is 3.95. The highest BCUT2D eigenvalue weighted by atomic mass is 16.3. The van der Waals surface area contributed by atoms with Gasteiger partial charge in [0.15, 0.2) is 0 Å². The highest BCUT2D eigenvalue weighted by Crippen LogP contribution is 2.25. The third-order valence-corrected chi connectivity index (χ3v) is 4.37. The normalized spacial score (nSPS) is 11.2. The van der Waals surface area contributed by atoms with E-state index in [4.69, 9.17) is 4.42 Å². The van der Waals surface area contributed by atoms with Crippen LogP contribution in [-0.2, 0) is 13.6 Å². The van der Waals surface area contributed by atoms with Crippen molar-refractivity contribution in [3.63, 3.8) is 0 Å². The lowest BCUT2D eigenvalue weighted by Crippen LogP contribution is -2.24. The Kier molecular flexibility index (Phi) is 3.91. The second-order valence-electron chi connectivity index (χ2n) is 6.28. The van der Waals surface area contributed by atoms with Crippen LogP contribution in [0.25, 0.3) is 16.9 Å². The summed E-state index contributed by atoms with van der Waals surface area (Å²) in [4.78, 5) is 36.2. The second kappa shape index (κ2) is 6.27. The molecule has 0 aromatic carbocycles. The van der Waals surface area contributed by atoms with Crippen LogP contribution in [-0.4, -0.2) is 29.8 Å². The molecule has 0 bridgehead atoms. The molecule has 4 aromatic rings. The van der Waals surface area contributed by atoms with Crippen molar-refractivity contribution in [2.75, 3.05) is 0 Å². The van der Waals surface area contributed by atoms with E-state index in [0.29, 0.717) is 11.5 Å². The van der Waals surface area contributed by atoms with Crippen LogP contribution in [0.5, 0.6) is 0 Å². The smallest absolute Gasteiger partial charge is 0.294 e. The molecule has 0 aliphatic carbocycles. The van der Waals surface area contributed by atoms with Crippen molar-refractivity contribution in [2.45, 2.75) is 20.4 Å². The van der Waals surface area contributed by atoms with Gasteiger partial charge in [0, 0.05) is 37.4 Å². The lowest BCUT2D eigenvalue weighted by Gasteiger charge is -2.07. The largest absolute Gasteiger partial charge is 0.466 e. The van der Waals surface area contributed by atoms with E-state index in [1.54, 1.807) is 36.2 Å². The van der Waals surface area contributed by atoms with Crippen LogP contribution in [0.2, 0.25) is 0 Å². The van der Waals surface area contributed by atoms with Crippen molar-refractivity contribution < 1.29 is 9.21 Å². The zero-order valence-electron chi connectivity index (χ0n) is 15.1. The van der Waals surface area contributed by atoms with E-state index in [0.717, 1.165) is 17.1 Å². The van der Waals surface area contributed by atoms with Crippen molar-refractivity contribution in [2.24, 2.45) is 7.05 Å². The molecule has 9 nitrogen and oxygen atoms in total. The van der Waals surface area contributed by atoms with Gasteiger partial charge in [-0.2, -0.15) is 0 Å². The Morgan fingerprint density at radius 2 is 2.15 bits per heavy atom. The number of aryl methyl sites for hydroxylation is 2. The minimum atomic E-state index is -0.381. The first-order valence-electron chi connectivity index (χ1n) is 8.36. The molecule has 0 aliphatic rings. The van der Waals surface area contributed by atoms with E-state index in [9.17, 15) is 9.59 Å². The number of hydrogen-bond acceptors (Lipinski definition) is 5. The summed E-state index contributed by atoms with van der Waals surface area (Å²) in [5.74, 6) is 1.74. The average molecular weight is 366 g/mol. The first kappa shape index (κ1) is 16.8. The molecule has 4 aromatic heterocycles. The third-order valence-electron chi connectivity index (χ3n) is 4.37. The van der Waals surface area contributed by atoms with Gasteiger partial charge < -0.3 is 19.3 Å². The summed E-state index contributed by atoms with van der Waals surface area (Å²) >= 11 is 0. The molecule has 0 atom stereocenters. The Hall–Kier alpha value is -3.62. The molecule has 0 radical (unpaired) electrons. The predicted molar refractivity (Wildman–Crippen MR) is 97.4 cm³/mol. The third kappa shape index (κ3) is 2.92. The lowest BCUT2D eigenvalue weighted by molar-refractivity contribution is 0.0945. The summed E-state index contributed by atoms with van der Waals surface area (Å²) in [7, 11) is 1.67. The number of carbonyl (C=O) groups excluding carboxylic acids is 1. The first-order valence-corrected chi connectivity index (χ1v) is 8.36. The second-order valence-corrected chi connectivity index (χ2v) is 6.28. The van der Waals surface area contributed by atoms with Gasteiger partial charge in [-0.05, 0) is 19.9 Å². The Bertz CT molecular complexity index is 1200. The topological polar surface area (TPSA) is 110 Å². The van der Waals surface area contributed by atoms with E-state index < -0.39 is 0 Å². The summed E-state index contributed by atoms with van der Waals surface area (Å²) < 4.78 is 8.65. The number of nitrogens with zero attached hydrogens (tertiary/aromatic N) is 4. The fourth-order valence-corrected chi connectivity index (χ4v) is 3.02. The van der Waals surface area contributed by atoms with Gasteiger partial charge in [-0.3, -0.25) is 14.0 Å². The van der Waals surface area contributed by atoms with Gasteiger partial charge in [0.05, 0.1) is 12.2 Å². The van der Waals surface area contributed by atoms with E-state index >= 15 is 0 Å². The Balaban J connectivity index is 1.72. The van der Waals surface area contributed by atoms with Crippen LogP contribution < -0.4 is 10.9 Å². The number of hydrogen-bond donors (Lipinski definition) is 2. The Labute approximate surface area is 153 Å². The molecule has 9 heteroatoms. The summed E-state index contributed by atoms with van der Waals surface area (Å²) in [5, 5.41) is 2.72. The van der Waals surface area contributed by atoms with Crippen LogP contribution in [0.1, 0.15) is 27.8 Å². The summed E-state index contributed by atoms with van der Waals surface area (Å²) in [6, 6.07) is 1.88. The van der Waals surface area contributed by atoms with Gasteiger partial charge in [-0.1, -0.05) is 0 Å². The predicted octanol–water partition coefficient (Wildman–Crippen LogP) is 1.56. The molecule has 138 valence electrons. The van der Waals surface area contributed by atoms with Crippen molar-refractivity contribution in [1.82, 2.24) is 29.2 Å². The fraction of sp³-hybridized carbons (Fsp3) is 0.222. The number of amides is 1. The van der Waals surface area contributed by atoms with Crippen LogP contribution >= 0.6 is 0 Å². The average Bonchev–Trinajstić information content (AvgIpc) is 3.36. The SMILES string of the molecule is Cc1cc(-c2cn3cc(C(=O)NCc4ncc[nH]4)nc3c(=O)n2C)c(C)o1. The van der Waals surface area contributed by atoms with E-state index in [2.05, 4.69) is 20.3 Å². The maximum atomic E-state index is 12.7. The zero-order chi connectivity index (χ0) is 19.1. The van der Waals surface area contributed by atoms with Crippen molar-refractivity contribution in [3.05, 3.63) is 64.2 Å². The number of fused-ring (bicyclic) bond motifs is 1. The minimum absolute atomic E-state index is 0.163. The van der Waals surface area contributed by atoms with Crippen LogP contribution in [0.4, 0.5) is 0 Å². The lowest BCUT2D eigenvalue weighted by atomic mass is 10.2. The zero-order valence-corrected chi connectivity index (χ0v) is 15.1. The van der Waals surface area contributed by atoms with E-state index in [-0.39, 0.29) is 29.4 Å². The van der Waals surface area contributed by atoms with E-state index in [1.165, 1.54) is 4.57 Å². The van der Waals surface area contributed by atoms with Gasteiger partial charge in [-0.15, -0.1) is 0 Å². The molecule has 0 saturated heterocycles. The molecule has 0 fully saturated rings. The van der Waals surface area contributed by atoms with Gasteiger partial charge in [0.1, 0.15) is 23.0 Å². The molecule has 4 rings (SSSR count). The molecule has 2 N–H and O–H groups in total. The summed E-state index contributed by atoms with van der Waals surface area (Å²) in [5.41, 5.74) is 1.56. The van der Waals surface area contributed by atoms with Gasteiger partial charge in [0.2, 0.25) is 5.65 Å². The highest BCUT2D eigenvalue weighted by molar-refractivity contribution is 5.92. The van der Waals surface area contributed by atoms with Gasteiger partial charge in [-0.25, -0.2) is 9.97 Å². The number of carbonyl (C=O) groups is 1. The highest BCUT2D eigenvalue weighted by Gasteiger charge is 2.17. The number of furan rings is 1.